The molecule has 21 heavy (non-hydrogen) atoms. The first-order chi connectivity index (χ1) is 9.97. The number of carbonyl (C=O) groups is 2. The fourth-order valence-corrected chi connectivity index (χ4v) is 2.67. The first-order valence-corrected chi connectivity index (χ1v) is 6.99. The van der Waals surface area contributed by atoms with Gasteiger partial charge in [-0.1, -0.05) is 12.1 Å². The first-order valence-electron chi connectivity index (χ1n) is 6.99. The highest BCUT2D eigenvalue weighted by Gasteiger charge is 2.33. The standard InChI is InChI=1S/C15H19FN2O3/c1-10-8-12(11-2-4-13(16)5-3-11)9-18(10)15(21)17-7-6-14(19)20/h2-5,10,12H,6-9H2,1H3,(H,17,21)(H,19,20). The van der Waals surface area contributed by atoms with Crippen LogP contribution in [0, 0.1) is 5.82 Å². The highest BCUT2D eigenvalue weighted by atomic mass is 19.1. The normalized spacial score (nSPS) is 21.3. The van der Waals surface area contributed by atoms with E-state index in [0.717, 1.165) is 12.0 Å². The minimum atomic E-state index is -0.936. The molecule has 6 heteroatoms. The summed E-state index contributed by atoms with van der Waals surface area (Å²) in [7, 11) is 0. The van der Waals surface area contributed by atoms with E-state index in [1.165, 1.54) is 12.1 Å². The van der Waals surface area contributed by atoms with Gasteiger partial charge in [-0.15, -0.1) is 0 Å². The molecule has 2 rings (SSSR count). The second-order valence-corrected chi connectivity index (χ2v) is 5.36. The highest BCUT2D eigenvalue weighted by molar-refractivity contribution is 5.76. The van der Waals surface area contributed by atoms with Gasteiger partial charge in [-0.25, -0.2) is 9.18 Å². The molecule has 1 saturated heterocycles. The van der Waals surface area contributed by atoms with Crippen molar-refractivity contribution in [2.45, 2.75) is 31.7 Å². The lowest BCUT2D eigenvalue weighted by Crippen LogP contribution is -2.42. The minimum Gasteiger partial charge on any atom is -0.481 e. The van der Waals surface area contributed by atoms with Crippen molar-refractivity contribution in [2.75, 3.05) is 13.1 Å². The quantitative estimate of drug-likeness (QED) is 0.894. The van der Waals surface area contributed by atoms with Gasteiger partial charge in [0.05, 0.1) is 6.42 Å². The number of carboxylic acids is 1. The minimum absolute atomic E-state index is 0.0740. The van der Waals surface area contributed by atoms with Crippen LogP contribution in [0.5, 0.6) is 0 Å². The summed E-state index contributed by atoms with van der Waals surface area (Å²) in [6, 6.07) is 6.18. The molecule has 0 saturated carbocycles. The second kappa shape index (κ2) is 6.56. The summed E-state index contributed by atoms with van der Waals surface area (Å²) in [5.41, 5.74) is 1.02. The average molecular weight is 294 g/mol. The third-order valence-electron chi connectivity index (χ3n) is 3.79. The zero-order valence-corrected chi connectivity index (χ0v) is 11.9. The molecule has 1 aromatic carbocycles. The molecular weight excluding hydrogens is 275 g/mol. The third kappa shape index (κ3) is 3.93. The molecule has 2 unspecified atom stereocenters. The van der Waals surface area contributed by atoms with E-state index < -0.39 is 5.97 Å². The fourth-order valence-electron chi connectivity index (χ4n) is 2.67. The molecule has 114 valence electrons. The second-order valence-electron chi connectivity index (χ2n) is 5.36. The highest BCUT2D eigenvalue weighted by Crippen LogP contribution is 2.31. The van der Waals surface area contributed by atoms with Crippen molar-refractivity contribution in [3.63, 3.8) is 0 Å². The first kappa shape index (κ1) is 15.3. The SMILES string of the molecule is CC1CC(c2ccc(F)cc2)CN1C(=O)NCCC(=O)O. The van der Waals surface area contributed by atoms with Crippen LogP contribution in [0.1, 0.15) is 31.2 Å². The monoisotopic (exact) mass is 294 g/mol. The number of benzene rings is 1. The predicted molar refractivity (Wildman–Crippen MR) is 75.6 cm³/mol. The molecule has 2 amide bonds. The molecule has 1 aliphatic heterocycles. The Labute approximate surface area is 122 Å². The number of halogens is 1. The van der Waals surface area contributed by atoms with Crippen molar-refractivity contribution in [2.24, 2.45) is 0 Å². The number of rotatable bonds is 4. The van der Waals surface area contributed by atoms with Crippen molar-refractivity contribution in [1.29, 1.82) is 0 Å². The molecular formula is C15H19FN2O3. The van der Waals surface area contributed by atoms with Crippen LogP contribution in [0.15, 0.2) is 24.3 Å². The number of likely N-dealkylation sites (tertiary alicyclic amines) is 1. The van der Waals surface area contributed by atoms with Gasteiger partial charge in [-0.05, 0) is 31.0 Å². The number of carbonyl (C=O) groups excluding carboxylic acids is 1. The van der Waals surface area contributed by atoms with Gasteiger partial charge in [0.25, 0.3) is 0 Å². The van der Waals surface area contributed by atoms with Crippen LogP contribution in [-0.2, 0) is 4.79 Å². The van der Waals surface area contributed by atoms with Crippen LogP contribution in [-0.4, -0.2) is 41.1 Å². The maximum atomic E-state index is 12.9. The van der Waals surface area contributed by atoms with Crippen LogP contribution in [0.4, 0.5) is 9.18 Å². The van der Waals surface area contributed by atoms with Crippen molar-refractivity contribution in [3.05, 3.63) is 35.6 Å². The van der Waals surface area contributed by atoms with Crippen molar-refractivity contribution >= 4 is 12.0 Å². The van der Waals surface area contributed by atoms with E-state index in [1.807, 2.05) is 6.92 Å². The molecule has 1 fully saturated rings. The molecule has 2 atom stereocenters. The van der Waals surface area contributed by atoms with Gasteiger partial charge in [0.2, 0.25) is 0 Å². The number of hydrogen-bond donors (Lipinski definition) is 2. The van der Waals surface area contributed by atoms with E-state index in [0.29, 0.717) is 6.54 Å². The topological polar surface area (TPSA) is 69.6 Å². The molecule has 0 aliphatic carbocycles. The summed E-state index contributed by atoms with van der Waals surface area (Å²) in [5.74, 6) is -1.02. The average Bonchev–Trinajstić information content (AvgIpc) is 2.81. The Bertz CT molecular complexity index is 518. The molecule has 0 spiro atoms. The lowest BCUT2D eigenvalue weighted by Gasteiger charge is -2.21. The van der Waals surface area contributed by atoms with Gasteiger partial charge in [0.1, 0.15) is 5.82 Å². The lowest BCUT2D eigenvalue weighted by atomic mass is 9.97. The molecule has 1 aromatic rings. The third-order valence-corrected chi connectivity index (χ3v) is 3.79. The van der Waals surface area contributed by atoms with E-state index in [4.69, 9.17) is 5.11 Å². The number of nitrogens with one attached hydrogen (secondary N) is 1. The molecule has 0 bridgehead atoms. The van der Waals surface area contributed by atoms with Crippen molar-refractivity contribution in [3.8, 4) is 0 Å². The van der Waals surface area contributed by atoms with E-state index in [9.17, 15) is 14.0 Å². The van der Waals surface area contributed by atoms with Gasteiger partial charge >= 0.3 is 12.0 Å². The zero-order chi connectivity index (χ0) is 15.4. The zero-order valence-electron chi connectivity index (χ0n) is 11.9. The Morgan fingerprint density at radius 2 is 2.05 bits per heavy atom. The number of carboxylic acid groups (broad SMARTS) is 1. The fraction of sp³-hybridized carbons (Fsp3) is 0.467. The van der Waals surface area contributed by atoms with Crippen LogP contribution < -0.4 is 5.32 Å². The van der Waals surface area contributed by atoms with Crippen LogP contribution >= 0.6 is 0 Å². The van der Waals surface area contributed by atoms with Gasteiger partial charge < -0.3 is 15.3 Å². The Morgan fingerprint density at radius 3 is 2.67 bits per heavy atom. The molecule has 5 nitrogen and oxygen atoms in total. The van der Waals surface area contributed by atoms with Crippen molar-refractivity contribution < 1.29 is 19.1 Å². The Hall–Kier alpha value is -2.11. The summed E-state index contributed by atoms with van der Waals surface area (Å²) < 4.78 is 12.9. The van der Waals surface area contributed by atoms with E-state index in [-0.39, 0.29) is 36.8 Å². The molecule has 0 aromatic heterocycles. The molecule has 2 N–H and O–H groups in total. The number of hydrogen-bond acceptors (Lipinski definition) is 2. The summed E-state index contributed by atoms with van der Waals surface area (Å²) >= 11 is 0. The largest absolute Gasteiger partial charge is 0.481 e. The van der Waals surface area contributed by atoms with Crippen LogP contribution in [0.25, 0.3) is 0 Å². The number of nitrogens with zero attached hydrogens (tertiary/aromatic N) is 1. The summed E-state index contributed by atoms with van der Waals surface area (Å²) in [6.07, 6.45) is 0.729. The number of aliphatic carboxylic acids is 1. The van der Waals surface area contributed by atoms with Gasteiger partial charge in [0, 0.05) is 25.0 Å². The molecule has 1 heterocycles. The number of amides is 2. The Balaban J connectivity index is 1.92. The van der Waals surface area contributed by atoms with Crippen LogP contribution in [0.3, 0.4) is 0 Å². The maximum absolute atomic E-state index is 12.9. The van der Waals surface area contributed by atoms with Gasteiger partial charge in [0.15, 0.2) is 0 Å². The summed E-state index contributed by atoms with van der Waals surface area (Å²) in [5, 5.41) is 11.2. The van der Waals surface area contributed by atoms with Crippen molar-refractivity contribution in [1.82, 2.24) is 10.2 Å². The van der Waals surface area contributed by atoms with E-state index in [2.05, 4.69) is 5.32 Å². The Kier molecular flexibility index (Phi) is 4.77. The van der Waals surface area contributed by atoms with Gasteiger partial charge in [-0.2, -0.15) is 0 Å². The number of urea groups is 1. The van der Waals surface area contributed by atoms with E-state index in [1.54, 1.807) is 17.0 Å². The van der Waals surface area contributed by atoms with E-state index >= 15 is 0 Å². The molecule has 1 aliphatic rings. The maximum Gasteiger partial charge on any atom is 0.317 e. The van der Waals surface area contributed by atoms with Crippen LogP contribution in [0.2, 0.25) is 0 Å². The summed E-state index contributed by atoms with van der Waals surface area (Å²) in [6.45, 7) is 2.64. The Morgan fingerprint density at radius 1 is 1.38 bits per heavy atom. The lowest BCUT2D eigenvalue weighted by molar-refractivity contribution is -0.136. The predicted octanol–water partition coefficient (Wildman–Crippen LogP) is 2.19. The van der Waals surface area contributed by atoms with Gasteiger partial charge in [-0.3, -0.25) is 4.79 Å². The summed E-state index contributed by atoms with van der Waals surface area (Å²) in [4.78, 5) is 24.2. The smallest absolute Gasteiger partial charge is 0.317 e. The molecule has 0 radical (unpaired) electrons.